The van der Waals surface area contributed by atoms with Crippen LogP contribution in [-0.4, -0.2) is 9.97 Å². The Kier molecular flexibility index (Phi) is 2.46. The molecule has 0 amide bonds. The van der Waals surface area contributed by atoms with E-state index in [9.17, 15) is 13.6 Å². The van der Waals surface area contributed by atoms with Crippen molar-refractivity contribution >= 4 is 11.0 Å². The quantitative estimate of drug-likeness (QED) is 0.808. The number of hydrogen-bond donors (Lipinski definition) is 1. The third kappa shape index (κ3) is 1.68. The Morgan fingerprint density at radius 2 is 1.88 bits per heavy atom. The Bertz CT molecular complexity index is 605. The van der Waals surface area contributed by atoms with Crippen molar-refractivity contribution in [3.05, 3.63) is 39.8 Å². The average Bonchev–Trinajstić information content (AvgIpc) is 2.19. The monoisotopic (exact) mass is 224 g/mol. The number of rotatable bonds is 1. The Labute approximate surface area is 90.1 Å². The minimum absolute atomic E-state index is 0.0683. The minimum Gasteiger partial charge on any atom is -0.319 e. The highest BCUT2D eigenvalue weighted by atomic mass is 19.2. The lowest BCUT2D eigenvalue weighted by molar-refractivity contribution is 0.510. The normalized spacial score (nSPS) is 11.3. The van der Waals surface area contributed by atoms with E-state index in [4.69, 9.17) is 0 Å². The molecule has 2 aromatic rings. The van der Waals surface area contributed by atoms with E-state index in [0.717, 1.165) is 12.1 Å². The molecule has 0 saturated carbocycles. The van der Waals surface area contributed by atoms with Gasteiger partial charge in [-0.2, -0.15) is 0 Å². The largest absolute Gasteiger partial charge is 0.319 e. The molecule has 0 radical (unpaired) electrons. The van der Waals surface area contributed by atoms with E-state index in [2.05, 4.69) is 9.97 Å². The van der Waals surface area contributed by atoms with Crippen LogP contribution in [0.1, 0.15) is 25.5 Å². The number of aromatic nitrogens is 2. The van der Waals surface area contributed by atoms with Gasteiger partial charge in [0, 0.05) is 18.1 Å². The summed E-state index contributed by atoms with van der Waals surface area (Å²) in [5, 5.41) is 0. The fourth-order valence-electron chi connectivity index (χ4n) is 1.49. The van der Waals surface area contributed by atoms with Crippen LogP contribution in [0.2, 0.25) is 0 Å². The van der Waals surface area contributed by atoms with Crippen LogP contribution >= 0.6 is 0 Å². The van der Waals surface area contributed by atoms with Gasteiger partial charge in [0.15, 0.2) is 11.6 Å². The molecule has 1 aromatic carbocycles. The van der Waals surface area contributed by atoms with Crippen molar-refractivity contribution in [1.29, 1.82) is 0 Å². The molecule has 16 heavy (non-hydrogen) atoms. The van der Waals surface area contributed by atoms with Crippen molar-refractivity contribution in [1.82, 2.24) is 9.97 Å². The van der Waals surface area contributed by atoms with Crippen LogP contribution in [0, 0.1) is 11.6 Å². The van der Waals surface area contributed by atoms with E-state index in [1.54, 1.807) is 0 Å². The van der Waals surface area contributed by atoms with E-state index in [1.165, 1.54) is 0 Å². The summed E-state index contributed by atoms with van der Waals surface area (Å²) in [4.78, 5) is 18.0. The number of nitrogens with zero attached hydrogens (tertiary/aromatic N) is 1. The van der Waals surface area contributed by atoms with E-state index in [1.807, 2.05) is 13.8 Å². The first-order valence-electron chi connectivity index (χ1n) is 4.88. The predicted molar refractivity (Wildman–Crippen MR) is 56.4 cm³/mol. The fourth-order valence-corrected chi connectivity index (χ4v) is 1.49. The second-order valence-corrected chi connectivity index (χ2v) is 3.89. The molecular formula is C11H10F2N2O. The molecule has 2 rings (SSSR count). The van der Waals surface area contributed by atoms with Crippen LogP contribution in [-0.2, 0) is 0 Å². The Morgan fingerprint density at radius 3 is 2.50 bits per heavy atom. The smallest absolute Gasteiger partial charge is 0.270 e. The summed E-state index contributed by atoms with van der Waals surface area (Å²) >= 11 is 0. The number of benzene rings is 1. The van der Waals surface area contributed by atoms with Crippen LogP contribution in [0.15, 0.2) is 16.9 Å². The number of hydrogen-bond acceptors (Lipinski definition) is 2. The van der Waals surface area contributed by atoms with Gasteiger partial charge in [0.2, 0.25) is 0 Å². The van der Waals surface area contributed by atoms with Crippen molar-refractivity contribution in [2.45, 2.75) is 19.8 Å². The lowest BCUT2D eigenvalue weighted by Gasteiger charge is -2.05. The lowest BCUT2D eigenvalue weighted by atomic mass is 10.1. The lowest BCUT2D eigenvalue weighted by Crippen LogP contribution is -2.16. The van der Waals surface area contributed by atoms with Gasteiger partial charge in [0.1, 0.15) is 5.69 Å². The highest BCUT2D eigenvalue weighted by Gasteiger charge is 2.11. The molecule has 0 unspecified atom stereocenters. The highest BCUT2D eigenvalue weighted by Crippen LogP contribution is 2.15. The predicted octanol–water partition coefficient (Wildman–Crippen LogP) is 2.32. The highest BCUT2D eigenvalue weighted by molar-refractivity contribution is 5.74. The van der Waals surface area contributed by atoms with Gasteiger partial charge < -0.3 is 4.98 Å². The molecule has 1 aromatic heterocycles. The summed E-state index contributed by atoms with van der Waals surface area (Å²) in [5.74, 6) is -2.04. The standard InChI is InChI=1S/C11H10F2N2O/c1-5(2)10-11(16)15-9-4-7(13)6(12)3-8(9)14-10/h3-5H,1-2H3,(H,15,16). The van der Waals surface area contributed by atoms with E-state index < -0.39 is 11.6 Å². The number of H-pyrrole nitrogens is 1. The Morgan fingerprint density at radius 1 is 1.25 bits per heavy atom. The van der Waals surface area contributed by atoms with Crippen LogP contribution in [0.3, 0.4) is 0 Å². The maximum absolute atomic E-state index is 13.0. The minimum atomic E-state index is -0.998. The topological polar surface area (TPSA) is 45.8 Å². The second-order valence-electron chi connectivity index (χ2n) is 3.89. The summed E-state index contributed by atoms with van der Waals surface area (Å²) in [6.45, 7) is 3.62. The van der Waals surface area contributed by atoms with E-state index in [0.29, 0.717) is 5.69 Å². The average molecular weight is 224 g/mol. The number of aromatic amines is 1. The number of halogens is 2. The maximum atomic E-state index is 13.0. The van der Waals surface area contributed by atoms with Crippen molar-refractivity contribution in [2.75, 3.05) is 0 Å². The van der Waals surface area contributed by atoms with Crippen molar-refractivity contribution in [3.63, 3.8) is 0 Å². The molecule has 0 aliphatic heterocycles. The van der Waals surface area contributed by atoms with Crippen LogP contribution in [0.25, 0.3) is 11.0 Å². The van der Waals surface area contributed by atoms with Gasteiger partial charge in [-0.1, -0.05) is 13.8 Å². The first kappa shape index (κ1) is 10.7. The summed E-state index contributed by atoms with van der Waals surface area (Å²) in [6.07, 6.45) is 0. The van der Waals surface area contributed by atoms with Gasteiger partial charge >= 0.3 is 0 Å². The zero-order chi connectivity index (χ0) is 11.9. The van der Waals surface area contributed by atoms with Crippen LogP contribution in [0.4, 0.5) is 8.78 Å². The van der Waals surface area contributed by atoms with Crippen molar-refractivity contribution in [3.8, 4) is 0 Å². The molecule has 0 fully saturated rings. The summed E-state index contributed by atoms with van der Waals surface area (Å²) in [6, 6.07) is 1.91. The molecule has 0 spiro atoms. The fraction of sp³-hybridized carbons (Fsp3) is 0.273. The Hall–Kier alpha value is -1.78. The second kappa shape index (κ2) is 3.66. The molecule has 0 aliphatic carbocycles. The molecule has 0 saturated heterocycles. The van der Waals surface area contributed by atoms with Gasteiger partial charge in [-0.05, 0) is 0 Å². The van der Waals surface area contributed by atoms with Gasteiger partial charge in [0.05, 0.1) is 11.0 Å². The molecule has 5 heteroatoms. The molecular weight excluding hydrogens is 214 g/mol. The van der Waals surface area contributed by atoms with Crippen molar-refractivity contribution < 1.29 is 8.78 Å². The van der Waals surface area contributed by atoms with Gasteiger partial charge in [-0.3, -0.25) is 4.79 Å². The SMILES string of the molecule is CC(C)c1nc2cc(F)c(F)cc2[nH]c1=O. The summed E-state index contributed by atoms with van der Waals surface area (Å²) < 4.78 is 25.9. The third-order valence-corrected chi connectivity index (χ3v) is 2.31. The first-order chi connectivity index (χ1) is 7.49. The third-order valence-electron chi connectivity index (χ3n) is 2.31. The van der Waals surface area contributed by atoms with Crippen molar-refractivity contribution in [2.24, 2.45) is 0 Å². The molecule has 0 bridgehead atoms. The van der Waals surface area contributed by atoms with Gasteiger partial charge in [-0.15, -0.1) is 0 Å². The molecule has 1 heterocycles. The zero-order valence-corrected chi connectivity index (χ0v) is 8.84. The number of fused-ring (bicyclic) bond motifs is 1. The Balaban J connectivity index is 2.80. The number of nitrogens with one attached hydrogen (secondary N) is 1. The van der Waals surface area contributed by atoms with Gasteiger partial charge in [-0.25, -0.2) is 13.8 Å². The summed E-state index contributed by atoms with van der Waals surface area (Å²) in [5.41, 5.74) is 0.405. The maximum Gasteiger partial charge on any atom is 0.270 e. The first-order valence-corrected chi connectivity index (χ1v) is 4.88. The van der Waals surface area contributed by atoms with Gasteiger partial charge in [0.25, 0.3) is 5.56 Å². The van der Waals surface area contributed by atoms with Crippen LogP contribution < -0.4 is 5.56 Å². The molecule has 0 atom stereocenters. The molecule has 0 aliphatic rings. The molecule has 3 nitrogen and oxygen atoms in total. The van der Waals surface area contributed by atoms with E-state index in [-0.39, 0.29) is 22.5 Å². The molecule has 1 N–H and O–H groups in total. The zero-order valence-electron chi connectivity index (χ0n) is 8.84. The summed E-state index contributed by atoms with van der Waals surface area (Å²) in [7, 11) is 0. The van der Waals surface area contributed by atoms with Crippen LogP contribution in [0.5, 0.6) is 0 Å². The molecule has 84 valence electrons. The van der Waals surface area contributed by atoms with E-state index >= 15 is 0 Å².